The van der Waals surface area contributed by atoms with Crippen molar-refractivity contribution in [1.82, 2.24) is 15.1 Å². The highest BCUT2D eigenvalue weighted by Crippen LogP contribution is 2.25. The number of fused-ring (bicyclic) bond motifs is 1. The predicted molar refractivity (Wildman–Crippen MR) is 81.9 cm³/mol. The quantitative estimate of drug-likeness (QED) is 0.875. The molecule has 1 aliphatic rings. The fourth-order valence-corrected chi connectivity index (χ4v) is 2.37. The summed E-state index contributed by atoms with van der Waals surface area (Å²) in [6.07, 6.45) is 3.60. The number of ether oxygens (including phenoxy) is 1. The minimum absolute atomic E-state index is 0.267. The van der Waals surface area contributed by atoms with Gasteiger partial charge < -0.3 is 9.64 Å². The van der Waals surface area contributed by atoms with E-state index in [1.165, 1.54) is 0 Å². The van der Waals surface area contributed by atoms with Gasteiger partial charge in [0.1, 0.15) is 5.60 Å². The SMILES string of the molecule is CC(C)(C)OC(=O)N1CC=C(c2ccc3cn[nH]c3c2)C1. The molecule has 1 aromatic carbocycles. The van der Waals surface area contributed by atoms with Gasteiger partial charge in [-0.25, -0.2) is 4.79 Å². The summed E-state index contributed by atoms with van der Waals surface area (Å²) < 4.78 is 5.40. The van der Waals surface area contributed by atoms with E-state index in [0.29, 0.717) is 13.1 Å². The minimum atomic E-state index is -0.464. The van der Waals surface area contributed by atoms with Gasteiger partial charge in [0.05, 0.1) is 11.7 Å². The molecule has 0 saturated carbocycles. The summed E-state index contributed by atoms with van der Waals surface area (Å²) in [4.78, 5) is 13.8. The Morgan fingerprint density at radius 3 is 2.95 bits per heavy atom. The van der Waals surface area contributed by atoms with Gasteiger partial charge in [0.15, 0.2) is 0 Å². The van der Waals surface area contributed by atoms with Crippen LogP contribution < -0.4 is 0 Å². The maximum absolute atomic E-state index is 12.1. The lowest BCUT2D eigenvalue weighted by molar-refractivity contribution is 0.0306. The molecule has 5 heteroatoms. The van der Waals surface area contributed by atoms with Gasteiger partial charge in [-0.3, -0.25) is 5.10 Å². The van der Waals surface area contributed by atoms with E-state index in [2.05, 4.69) is 28.4 Å². The van der Waals surface area contributed by atoms with Gasteiger partial charge in [-0.15, -0.1) is 0 Å². The highest BCUT2D eigenvalue weighted by molar-refractivity contribution is 5.84. The van der Waals surface area contributed by atoms with Crippen LogP contribution in [0.1, 0.15) is 26.3 Å². The third-order valence-electron chi connectivity index (χ3n) is 3.38. The highest BCUT2D eigenvalue weighted by Gasteiger charge is 2.25. The zero-order valence-electron chi connectivity index (χ0n) is 12.5. The second-order valence-electron chi connectivity index (χ2n) is 6.26. The van der Waals surface area contributed by atoms with Crippen LogP contribution in [-0.4, -0.2) is 39.9 Å². The van der Waals surface area contributed by atoms with Crippen LogP contribution in [0.5, 0.6) is 0 Å². The number of rotatable bonds is 1. The molecule has 110 valence electrons. The van der Waals surface area contributed by atoms with E-state index in [1.54, 1.807) is 11.1 Å². The molecular formula is C16H19N3O2. The molecule has 0 radical (unpaired) electrons. The van der Waals surface area contributed by atoms with E-state index in [4.69, 9.17) is 4.74 Å². The Morgan fingerprint density at radius 1 is 1.38 bits per heavy atom. The second-order valence-corrected chi connectivity index (χ2v) is 6.26. The lowest BCUT2D eigenvalue weighted by Gasteiger charge is -2.24. The number of hydrogen-bond acceptors (Lipinski definition) is 3. The first-order valence-electron chi connectivity index (χ1n) is 7.03. The number of amides is 1. The summed E-state index contributed by atoms with van der Waals surface area (Å²) in [5.41, 5.74) is 2.79. The molecule has 0 aliphatic carbocycles. The van der Waals surface area contributed by atoms with Gasteiger partial charge >= 0.3 is 6.09 Å². The average molecular weight is 285 g/mol. The lowest BCUT2D eigenvalue weighted by Crippen LogP contribution is -2.35. The molecule has 1 aliphatic heterocycles. The van der Waals surface area contributed by atoms with Gasteiger partial charge in [0, 0.05) is 18.5 Å². The zero-order chi connectivity index (χ0) is 15.0. The van der Waals surface area contributed by atoms with Gasteiger partial charge in [-0.1, -0.05) is 18.2 Å². The number of hydrogen-bond donors (Lipinski definition) is 1. The van der Waals surface area contributed by atoms with Crippen molar-refractivity contribution in [2.24, 2.45) is 0 Å². The van der Waals surface area contributed by atoms with E-state index < -0.39 is 5.60 Å². The molecule has 0 unspecified atom stereocenters. The number of nitrogens with zero attached hydrogens (tertiary/aromatic N) is 2. The molecule has 3 rings (SSSR count). The summed E-state index contributed by atoms with van der Waals surface area (Å²) in [6.45, 7) is 6.80. The third kappa shape index (κ3) is 2.91. The third-order valence-corrected chi connectivity index (χ3v) is 3.38. The molecule has 2 heterocycles. The normalized spacial score (nSPS) is 15.4. The van der Waals surface area contributed by atoms with Gasteiger partial charge in [0.2, 0.25) is 0 Å². The zero-order valence-corrected chi connectivity index (χ0v) is 12.5. The van der Waals surface area contributed by atoms with E-state index in [-0.39, 0.29) is 6.09 Å². The van der Waals surface area contributed by atoms with Crippen molar-refractivity contribution in [2.75, 3.05) is 13.1 Å². The van der Waals surface area contributed by atoms with Crippen LogP contribution in [0.3, 0.4) is 0 Å². The maximum atomic E-state index is 12.1. The summed E-state index contributed by atoms with van der Waals surface area (Å²) in [7, 11) is 0. The summed E-state index contributed by atoms with van der Waals surface area (Å²) in [6, 6.07) is 6.15. The molecule has 0 bridgehead atoms. The Hall–Kier alpha value is -2.30. The second kappa shape index (κ2) is 4.91. The van der Waals surface area contributed by atoms with Crippen LogP contribution in [0.15, 0.2) is 30.5 Å². The number of carbonyl (C=O) groups excluding carboxylic acids is 1. The number of benzene rings is 1. The predicted octanol–water partition coefficient (Wildman–Crippen LogP) is 3.20. The number of nitrogens with one attached hydrogen (secondary N) is 1. The Kier molecular flexibility index (Phi) is 3.20. The van der Waals surface area contributed by atoms with Crippen LogP contribution in [0, 0.1) is 0 Å². The first-order chi connectivity index (χ1) is 9.92. The first kappa shape index (κ1) is 13.7. The van der Waals surface area contributed by atoms with Crippen molar-refractivity contribution in [1.29, 1.82) is 0 Å². The fourth-order valence-electron chi connectivity index (χ4n) is 2.37. The van der Waals surface area contributed by atoms with Crippen molar-refractivity contribution in [2.45, 2.75) is 26.4 Å². The molecule has 0 atom stereocenters. The summed E-state index contributed by atoms with van der Waals surface area (Å²) in [5, 5.41) is 8.07. The first-order valence-corrected chi connectivity index (χ1v) is 7.03. The monoisotopic (exact) mass is 285 g/mol. The topological polar surface area (TPSA) is 58.2 Å². The number of aromatic nitrogens is 2. The smallest absolute Gasteiger partial charge is 0.410 e. The highest BCUT2D eigenvalue weighted by atomic mass is 16.6. The molecule has 21 heavy (non-hydrogen) atoms. The number of H-pyrrole nitrogens is 1. The van der Waals surface area contributed by atoms with Crippen molar-refractivity contribution in [3.8, 4) is 0 Å². The van der Waals surface area contributed by atoms with E-state index >= 15 is 0 Å². The molecule has 0 fully saturated rings. The lowest BCUT2D eigenvalue weighted by atomic mass is 10.1. The van der Waals surface area contributed by atoms with Crippen LogP contribution in [0.25, 0.3) is 16.5 Å². The van der Waals surface area contributed by atoms with Crippen molar-refractivity contribution in [3.05, 3.63) is 36.0 Å². The van der Waals surface area contributed by atoms with E-state index in [0.717, 1.165) is 22.0 Å². The Morgan fingerprint density at radius 2 is 2.19 bits per heavy atom. The van der Waals surface area contributed by atoms with Gasteiger partial charge in [0.25, 0.3) is 0 Å². The molecule has 0 spiro atoms. The molecule has 1 N–H and O–H groups in total. The molecular weight excluding hydrogens is 266 g/mol. The van der Waals surface area contributed by atoms with E-state index in [1.807, 2.05) is 26.8 Å². The van der Waals surface area contributed by atoms with Crippen molar-refractivity contribution >= 4 is 22.6 Å². The molecule has 1 aromatic heterocycles. The van der Waals surface area contributed by atoms with Crippen LogP contribution >= 0.6 is 0 Å². The van der Waals surface area contributed by atoms with Crippen molar-refractivity contribution in [3.63, 3.8) is 0 Å². The number of aromatic amines is 1. The molecule has 1 amide bonds. The van der Waals surface area contributed by atoms with E-state index in [9.17, 15) is 4.79 Å². The maximum Gasteiger partial charge on any atom is 0.410 e. The molecule has 0 saturated heterocycles. The summed E-state index contributed by atoms with van der Waals surface area (Å²) >= 11 is 0. The minimum Gasteiger partial charge on any atom is -0.444 e. The van der Waals surface area contributed by atoms with Crippen LogP contribution in [-0.2, 0) is 4.74 Å². The van der Waals surface area contributed by atoms with Gasteiger partial charge in [-0.05, 0) is 38.0 Å². The Bertz CT molecular complexity index is 710. The largest absolute Gasteiger partial charge is 0.444 e. The molecule has 2 aromatic rings. The van der Waals surface area contributed by atoms with Crippen LogP contribution in [0.2, 0.25) is 0 Å². The summed E-state index contributed by atoms with van der Waals surface area (Å²) in [5.74, 6) is 0. The van der Waals surface area contributed by atoms with Gasteiger partial charge in [-0.2, -0.15) is 5.10 Å². The number of carbonyl (C=O) groups is 1. The van der Waals surface area contributed by atoms with Crippen molar-refractivity contribution < 1.29 is 9.53 Å². The average Bonchev–Trinajstić information content (AvgIpc) is 3.05. The standard InChI is InChI=1S/C16H19N3O2/c1-16(2,3)21-15(20)19-7-6-13(10-19)11-4-5-12-9-17-18-14(12)8-11/h4-6,8-9H,7,10H2,1-3H3,(H,17,18). The fraction of sp³-hybridized carbons (Fsp3) is 0.375. The Balaban J connectivity index is 1.72. The Labute approximate surface area is 123 Å². The molecule has 5 nitrogen and oxygen atoms in total. The van der Waals surface area contributed by atoms with Crippen LogP contribution in [0.4, 0.5) is 4.79 Å².